The first-order valence-corrected chi connectivity index (χ1v) is 10.4. The summed E-state index contributed by atoms with van der Waals surface area (Å²) in [4.78, 5) is 25.7. The van der Waals surface area contributed by atoms with Crippen molar-refractivity contribution in [3.8, 4) is 0 Å². The van der Waals surface area contributed by atoms with Crippen molar-refractivity contribution in [3.05, 3.63) is 35.9 Å². The Balaban J connectivity index is 2.14. The molecule has 4 nitrogen and oxygen atoms in total. The fraction of sp³-hybridized carbons (Fsp3) is 0.652. The Morgan fingerprint density at radius 3 is 2.20 bits per heavy atom. The molecule has 2 atom stereocenters. The van der Waals surface area contributed by atoms with E-state index in [0.29, 0.717) is 12.3 Å². The van der Waals surface area contributed by atoms with E-state index in [-0.39, 0.29) is 19.4 Å². The zero-order valence-electron chi connectivity index (χ0n) is 17.8. The minimum absolute atomic E-state index is 0.0138. The number of rotatable bonds is 10. The molecule has 0 bridgehead atoms. The van der Waals surface area contributed by atoms with E-state index in [1.165, 1.54) is 0 Å². The molecule has 30 heavy (non-hydrogen) atoms. The van der Waals surface area contributed by atoms with Crippen molar-refractivity contribution in [1.29, 1.82) is 0 Å². The molecule has 0 saturated heterocycles. The molecule has 0 amide bonds. The Morgan fingerprint density at radius 2 is 1.67 bits per heavy atom. The molecule has 168 valence electrons. The van der Waals surface area contributed by atoms with Crippen LogP contribution in [0, 0.1) is 17.8 Å². The summed E-state index contributed by atoms with van der Waals surface area (Å²) in [5, 5.41) is 0. The molecule has 1 aromatic rings. The van der Waals surface area contributed by atoms with Crippen molar-refractivity contribution in [2.75, 3.05) is 0 Å². The molecule has 1 fully saturated rings. The number of benzene rings is 1. The van der Waals surface area contributed by atoms with Gasteiger partial charge in [0.2, 0.25) is 0 Å². The number of carbonyl (C=O) groups is 2. The third-order valence-electron chi connectivity index (χ3n) is 4.98. The van der Waals surface area contributed by atoms with E-state index in [2.05, 4.69) is 0 Å². The maximum Gasteiger partial charge on any atom is 0.389 e. The largest absolute Gasteiger partial charge is 0.461 e. The summed E-state index contributed by atoms with van der Waals surface area (Å²) in [5.74, 6) is -2.63. The molecule has 2 unspecified atom stereocenters. The Kier molecular flexibility index (Phi) is 8.33. The van der Waals surface area contributed by atoms with E-state index < -0.39 is 42.0 Å². The van der Waals surface area contributed by atoms with Crippen LogP contribution >= 0.6 is 0 Å². The Morgan fingerprint density at radius 1 is 1.03 bits per heavy atom. The van der Waals surface area contributed by atoms with Crippen molar-refractivity contribution in [3.63, 3.8) is 0 Å². The topological polar surface area (TPSA) is 52.6 Å². The second-order valence-electron chi connectivity index (χ2n) is 9.03. The SMILES string of the molecule is CC(C)(C)OC(=O)C(CC1CC1)C(CCCC(F)(F)F)C(=O)OCc1ccccc1. The molecule has 0 radical (unpaired) electrons. The van der Waals surface area contributed by atoms with E-state index >= 15 is 0 Å². The van der Waals surface area contributed by atoms with Gasteiger partial charge in [-0.15, -0.1) is 0 Å². The summed E-state index contributed by atoms with van der Waals surface area (Å²) in [7, 11) is 0. The van der Waals surface area contributed by atoms with Gasteiger partial charge in [0.15, 0.2) is 0 Å². The zero-order valence-corrected chi connectivity index (χ0v) is 17.8. The van der Waals surface area contributed by atoms with Crippen LogP contribution < -0.4 is 0 Å². The summed E-state index contributed by atoms with van der Waals surface area (Å²) < 4.78 is 48.9. The zero-order chi connectivity index (χ0) is 22.4. The van der Waals surface area contributed by atoms with E-state index in [1.54, 1.807) is 45.0 Å². The third-order valence-corrected chi connectivity index (χ3v) is 4.98. The van der Waals surface area contributed by atoms with E-state index in [0.717, 1.165) is 18.4 Å². The van der Waals surface area contributed by atoms with Crippen LogP contribution in [0.25, 0.3) is 0 Å². The number of halogens is 3. The molecular weight excluding hydrogens is 397 g/mol. The fourth-order valence-corrected chi connectivity index (χ4v) is 3.36. The standard InChI is InChI=1S/C23H31F3O4/c1-22(2,3)30-21(28)19(14-16-11-12-16)18(10-7-13-23(24,25)26)20(27)29-15-17-8-5-4-6-9-17/h4-6,8-9,16,18-19H,7,10-15H2,1-3H3. The molecule has 1 aromatic carbocycles. The number of esters is 2. The van der Waals surface area contributed by atoms with Gasteiger partial charge in [-0.1, -0.05) is 43.2 Å². The van der Waals surface area contributed by atoms with Crippen LogP contribution in [0.1, 0.15) is 64.9 Å². The molecule has 0 heterocycles. The minimum atomic E-state index is -4.31. The van der Waals surface area contributed by atoms with Gasteiger partial charge in [0, 0.05) is 6.42 Å². The predicted molar refractivity (Wildman–Crippen MR) is 106 cm³/mol. The van der Waals surface area contributed by atoms with E-state index in [1.807, 2.05) is 6.07 Å². The highest BCUT2D eigenvalue weighted by Crippen LogP contribution is 2.40. The monoisotopic (exact) mass is 428 g/mol. The van der Waals surface area contributed by atoms with E-state index in [4.69, 9.17) is 9.47 Å². The van der Waals surface area contributed by atoms with Gasteiger partial charge < -0.3 is 9.47 Å². The Hall–Kier alpha value is -2.05. The molecule has 0 aromatic heterocycles. The normalized spacial score (nSPS) is 16.6. The molecule has 1 aliphatic rings. The lowest BCUT2D eigenvalue weighted by atomic mass is 9.84. The molecule has 0 N–H and O–H groups in total. The van der Waals surface area contributed by atoms with Crippen LogP contribution in [0.2, 0.25) is 0 Å². The van der Waals surface area contributed by atoms with Crippen molar-refractivity contribution < 1.29 is 32.2 Å². The number of ether oxygens (including phenoxy) is 2. The van der Waals surface area contributed by atoms with Crippen LogP contribution in [-0.4, -0.2) is 23.7 Å². The molecule has 7 heteroatoms. The highest BCUT2D eigenvalue weighted by Gasteiger charge is 2.41. The average molecular weight is 428 g/mol. The lowest BCUT2D eigenvalue weighted by Crippen LogP contribution is -2.37. The van der Waals surface area contributed by atoms with Crippen LogP contribution in [0.5, 0.6) is 0 Å². The predicted octanol–water partition coefficient (Wildman–Crippen LogP) is 5.84. The van der Waals surface area contributed by atoms with Crippen molar-refractivity contribution in [2.24, 2.45) is 17.8 Å². The molecule has 0 aliphatic heterocycles. The lowest BCUT2D eigenvalue weighted by molar-refractivity contribution is -0.170. The third kappa shape index (κ3) is 9.18. The number of alkyl halides is 3. The van der Waals surface area contributed by atoms with Crippen molar-refractivity contribution >= 4 is 11.9 Å². The maximum absolute atomic E-state index is 12.9. The maximum atomic E-state index is 12.9. The van der Waals surface area contributed by atoms with Crippen molar-refractivity contribution in [2.45, 2.75) is 77.7 Å². The van der Waals surface area contributed by atoms with Gasteiger partial charge in [-0.05, 0) is 51.5 Å². The second kappa shape index (κ2) is 10.3. The van der Waals surface area contributed by atoms with Gasteiger partial charge >= 0.3 is 18.1 Å². The van der Waals surface area contributed by atoms with E-state index in [9.17, 15) is 22.8 Å². The number of hydrogen-bond acceptors (Lipinski definition) is 4. The average Bonchev–Trinajstić information content (AvgIpc) is 3.44. The molecular formula is C23H31F3O4. The molecule has 1 aliphatic carbocycles. The van der Waals surface area contributed by atoms with Gasteiger partial charge in [-0.2, -0.15) is 13.2 Å². The minimum Gasteiger partial charge on any atom is -0.461 e. The fourth-order valence-electron chi connectivity index (χ4n) is 3.36. The van der Waals surface area contributed by atoms with Crippen LogP contribution in [-0.2, 0) is 25.7 Å². The molecule has 0 spiro atoms. The highest BCUT2D eigenvalue weighted by atomic mass is 19.4. The highest BCUT2D eigenvalue weighted by molar-refractivity contribution is 5.82. The summed E-state index contributed by atoms with van der Waals surface area (Å²) >= 11 is 0. The molecule has 1 saturated carbocycles. The summed E-state index contributed by atoms with van der Waals surface area (Å²) in [5.41, 5.74) is 0.0273. The second-order valence-corrected chi connectivity index (χ2v) is 9.03. The van der Waals surface area contributed by atoms with Gasteiger partial charge in [0.1, 0.15) is 12.2 Å². The van der Waals surface area contributed by atoms with Crippen LogP contribution in [0.3, 0.4) is 0 Å². The van der Waals surface area contributed by atoms with Crippen LogP contribution in [0.15, 0.2) is 30.3 Å². The lowest BCUT2D eigenvalue weighted by Gasteiger charge is -2.28. The van der Waals surface area contributed by atoms with Crippen molar-refractivity contribution in [1.82, 2.24) is 0 Å². The summed E-state index contributed by atoms with van der Waals surface area (Å²) in [6, 6.07) is 9.03. The summed E-state index contributed by atoms with van der Waals surface area (Å²) in [6.45, 7) is 5.20. The molecule has 2 rings (SSSR count). The van der Waals surface area contributed by atoms with Gasteiger partial charge in [0.25, 0.3) is 0 Å². The Bertz CT molecular complexity index is 691. The summed E-state index contributed by atoms with van der Waals surface area (Å²) in [6.07, 6.45) is -3.27. The number of carbonyl (C=O) groups excluding carboxylic acids is 2. The van der Waals surface area contributed by atoms with Gasteiger partial charge in [0.05, 0.1) is 11.8 Å². The first-order valence-electron chi connectivity index (χ1n) is 10.4. The Labute approximate surface area is 176 Å². The van der Waals surface area contributed by atoms with Gasteiger partial charge in [-0.25, -0.2) is 0 Å². The first kappa shape index (κ1) is 24.2. The number of hydrogen-bond donors (Lipinski definition) is 0. The smallest absolute Gasteiger partial charge is 0.389 e. The first-order chi connectivity index (χ1) is 13.9. The van der Waals surface area contributed by atoms with Crippen LogP contribution in [0.4, 0.5) is 13.2 Å². The quantitative estimate of drug-likeness (QED) is 0.440. The van der Waals surface area contributed by atoms with Gasteiger partial charge in [-0.3, -0.25) is 9.59 Å².